The van der Waals surface area contributed by atoms with Gasteiger partial charge in [-0.3, -0.25) is 4.98 Å². The van der Waals surface area contributed by atoms with Crippen LogP contribution in [0.5, 0.6) is 0 Å². The highest BCUT2D eigenvalue weighted by Gasteiger charge is 1.89. The van der Waals surface area contributed by atoms with E-state index < -0.39 is 0 Å². The molecule has 0 saturated carbocycles. The summed E-state index contributed by atoms with van der Waals surface area (Å²) in [6, 6.07) is 0. The van der Waals surface area contributed by atoms with Crippen molar-refractivity contribution >= 4 is 30.2 Å². The van der Waals surface area contributed by atoms with Crippen molar-refractivity contribution < 1.29 is 0 Å². The van der Waals surface area contributed by atoms with Gasteiger partial charge in [0.2, 0.25) is 0 Å². The van der Waals surface area contributed by atoms with Gasteiger partial charge in [0, 0.05) is 6.21 Å². The van der Waals surface area contributed by atoms with E-state index in [1.54, 1.807) is 0 Å². The van der Waals surface area contributed by atoms with Crippen LogP contribution >= 0.6 is 24.0 Å². The van der Waals surface area contributed by atoms with E-state index in [9.17, 15) is 0 Å². The van der Waals surface area contributed by atoms with E-state index in [0.29, 0.717) is 10.8 Å². The van der Waals surface area contributed by atoms with Gasteiger partial charge in [-0.1, -0.05) is 11.6 Å². The highest BCUT2D eigenvalue weighted by atomic mass is 35.5. The van der Waals surface area contributed by atoms with Crippen LogP contribution in [0.15, 0.2) is 12.4 Å². The number of nitrogens with one attached hydrogen (secondary N) is 1. The van der Waals surface area contributed by atoms with Gasteiger partial charge in [0.15, 0.2) is 0 Å². The molecule has 0 radical (unpaired) electrons. The number of rotatable bonds is 1. The van der Waals surface area contributed by atoms with Gasteiger partial charge in [0.1, 0.15) is 10.8 Å². The zero-order valence-electron chi connectivity index (χ0n) is 4.91. The molecule has 0 amide bonds. The Morgan fingerprint density at radius 3 is 2.60 bits per heavy atom. The van der Waals surface area contributed by atoms with Crippen LogP contribution in [-0.2, 0) is 0 Å². The first kappa shape index (κ1) is 9.33. The third-order valence-electron chi connectivity index (χ3n) is 0.772. The van der Waals surface area contributed by atoms with Crippen molar-refractivity contribution in [3.8, 4) is 0 Å². The van der Waals surface area contributed by atoms with Crippen LogP contribution in [-0.4, -0.2) is 16.2 Å². The van der Waals surface area contributed by atoms with E-state index in [-0.39, 0.29) is 12.4 Å². The lowest BCUT2D eigenvalue weighted by atomic mass is 10.5. The van der Waals surface area contributed by atoms with E-state index >= 15 is 0 Å². The summed E-state index contributed by atoms with van der Waals surface area (Å²) in [5, 5.41) is 7.07. The molecule has 0 fully saturated rings. The Kier molecular flexibility index (Phi) is 3.91. The Morgan fingerprint density at radius 2 is 2.20 bits per heavy atom. The predicted octanol–water partition coefficient (Wildman–Crippen LogP) is 1.55. The standard InChI is InChI=1S/C5H4ClN3.ClH/c6-5-3-8-2-4(1-7)9-5;/h1-3,7H;1H. The van der Waals surface area contributed by atoms with Crippen LogP contribution in [0, 0.1) is 5.41 Å². The van der Waals surface area contributed by atoms with Crippen LogP contribution in [0.25, 0.3) is 0 Å². The normalized spacial score (nSPS) is 8.10. The fourth-order valence-electron chi connectivity index (χ4n) is 0.426. The van der Waals surface area contributed by atoms with E-state index in [2.05, 4.69) is 9.97 Å². The monoisotopic (exact) mass is 177 g/mol. The number of aromatic nitrogens is 2. The van der Waals surface area contributed by atoms with E-state index in [4.69, 9.17) is 17.0 Å². The average molecular weight is 178 g/mol. The molecule has 0 bridgehead atoms. The summed E-state index contributed by atoms with van der Waals surface area (Å²) >= 11 is 5.45. The fraction of sp³-hybridized carbons (Fsp3) is 0. The summed E-state index contributed by atoms with van der Waals surface area (Å²) < 4.78 is 0. The van der Waals surface area contributed by atoms with Crippen molar-refractivity contribution in [2.75, 3.05) is 0 Å². The molecule has 1 aromatic rings. The Balaban J connectivity index is 0.000000810. The Hall–Kier alpha value is -0.670. The van der Waals surface area contributed by atoms with Crippen molar-refractivity contribution in [1.29, 1.82) is 5.41 Å². The molecule has 54 valence electrons. The van der Waals surface area contributed by atoms with Crippen LogP contribution in [0.3, 0.4) is 0 Å². The molecule has 0 spiro atoms. The van der Waals surface area contributed by atoms with Crippen molar-refractivity contribution in [2.24, 2.45) is 0 Å². The SMILES string of the molecule is Cl.N=Cc1cncc(Cl)n1. The minimum absolute atomic E-state index is 0. The second-order valence-electron chi connectivity index (χ2n) is 1.41. The average Bonchev–Trinajstić information content (AvgIpc) is 1.88. The van der Waals surface area contributed by atoms with Crippen molar-refractivity contribution in [3.63, 3.8) is 0 Å². The summed E-state index contributed by atoms with van der Waals surface area (Å²) in [6.07, 6.45) is 3.99. The lowest BCUT2D eigenvalue weighted by Gasteiger charge is -1.88. The van der Waals surface area contributed by atoms with Crippen LogP contribution in [0.2, 0.25) is 5.15 Å². The minimum atomic E-state index is 0. The first-order valence-corrected chi connectivity index (χ1v) is 2.69. The molecule has 1 rings (SSSR count). The van der Waals surface area contributed by atoms with Crippen molar-refractivity contribution in [3.05, 3.63) is 23.2 Å². The van der Waals surface area contributed by atoms with E-state index in [0.717, 1.165) is 6.21 Å². The van der Waals surface area contributed by atoms with Gasteiger partial charge in [-0.2, -0.15) is 0 Å². The third kappa shape index (κ3) is 2.29. The molecule has 1 N–H and O–H groups in total. The highest BCUT2D eigenvalue weighted by molar-refractivity contribution is 6.29. The smallest absolute Gasteiger partial charge is 0.148 e. The quantitative estimate of drug-likeness (QED) is 0.663. The van der Waals surface area contributed by atoms with Gasteiger partial charge >= 0.3 is 0 Å². The van der Waals surface area contributed by atoms with Crippen LogP contribution < -0.4 is 0 Å². The van der Waals surface area contributed by atoms with E-state index in [1.807, 2.05) is 0 Å². The number of nitrogens with zero attached hydrogens (tertiary/aromatic N) is 2. The molecular formula is C5H5Cl2N3. The predicted molar refractivity (Wildman–Crippen MR) is 42.2 cm³/mol. The third-order valence-corrected chi connectivity index (χ3v) is 0.954. The lowest BCUT2D eigenvalue weighted by molar-refractivity contribution is 1.18. The number of hydrogen-bond acceptors (Lipinski definition) is 3. The highest BCUT2D eigenvalue weighted by Crippen LogP contribution is 1.99. The van der Waals surface area contributed by atoms with Crippen LogP contribution in [0.1, 0.15) is 5.69 Å². The molecule has 0 aromatic carbocycles. The van der Waals surface area contributed by atoms with Crippen molar-refractivity contribution in [1.82, 2.24) is 9.97 Å². The van der Waals surface area contributed by atoms with Gasteiger partial charge in [0.25, 0.3) is 0 Å². The number of halogens is 2. The summed E-state index contributed by atoms with van der Waals surface area (Å²) in [4.78, 5) is 7.46. The molecule has 0 aliphatic carbocycles. The molecule has 1 aromatic heterocycles. The molecule has 0 saturated heterocycles. The maximum absolute atomic E-state index is 6.75. The molecule has 10 heavy (non-hydrogen) atoms. The summed E-state index contributed by atoms with van der Waals surface area (Å²) in [5.74, 6) is 0. The van der Waals surface area contributed by atoms with Crippen LogP contribution in [0.4, 0.5) is 0 Å². The van der Waals surface area contributed by atoms with Gasteiger partial charge in [0.05, 0.1) is 12.4 Å². The Morgan fingerprint density at radius 1 is 1.50 bits per heavy atom. The molecule has 0 aliphatic heterocycles. The molecule has 1 heterocycles. The summed E-state index contributed by atoms with van der Waals surface area (Å²) in [5.41, 5.74) is 0.475. The molecule has 5 heteroatoms. The largest absolute Gasteiger partial charge is 0.306 e. The zero-order valence-corrected chi connectivity index (χ0v) is 6.49. The molecule has 0 atom stereocenters. The summed E-state index contributed by atoms with van der Waals surface area (Å²) in [6.45, 7) is 0. The van der Waals surface area contributed by atoms with Gasteiger partial charge in [-0.25, -0.2) is 4.98 Å². The maximum atomic E-state index is 6.75. The zero-order chi connectivity index (χ0) is 6.69. The van der Waals surface area contributed by atoms with Gasteiger partial charge in [-0.15, -0.1) is 12.4 Å². The maximum Gasteiger partial charge on any atom is 0.148 e. The Bertz CT molecular complexity index is 226. The van der Waals surface area contributed by atoms with E-state index in [1.165, 1.54) is 12.4 Å². The lowest BCUT2D eigenvalue weighted by Crippen LogP contribution is -1.87. The van der Waals surface area contributed by atoms with Gasteiger partial charge in [-0.05, 0) is 0 Å². The first-order chi connectivity index (χ1) is 4.33. The molecule has 0 aliphatic rings. The first-order valence-electron chi connectivity index (χ1n) is 2.31. The second kappa shape index (κ2) is 4.19. The Labute approximate surface area is 69.4 Å². The fourth-order valence-corrected chi connectivity index (χ4v) is 0.580. The minimum Gasteiger partial charge on any atom is -0.306 e. The molecular weight excluding hydrogens is 173 g/mol. The second-order valence-corrected chi connectivity index (χ2v) is 1.80. The molecule has 3 nitrogen and oxygen atoms in total. The van der Waals surface area contributed by atoms with Gasteiger partial charge < -0.3 is 5.41 Å². The molecule has 0 unspecified atom stereocenters. The topological polar surface area (TPSA) is 49.6 Å². The summed E-state index contributed by atoms with van der Waals surface area (Å²) in [7, 11) is 0. The number of hydrogen-bond donors (Lipinski definition) is 1. The van der Waals surface area contributed by atoms with Crippen molar-refractivity contribution in [2.45, 2.75) is 0 Å².